The Morgan fingerprint density at radius 2 is 1.83 bits per heavy atom. The molecule has 0 bridgehead atoms. The van der Waals surface area contributed by atoms with E-state index in [1.807, 2.05) is 68.4 Å². The zero-order chi connectivity index (χ0) is 29.9. The van der Waals surface area contributed by atoms with E-state index in [9.17, 15) is 9.59 Å². The molecule has 9 heteroatoms. The van der Waals surface area contributed by atoms with Gasteiger partial charge in [0, 0.05) is 55.2 Å². The van der Waals surface area contributed by atoms with Gasteiger partial charge < -0.3 is 24.6 Å². The second kappa shape index (κ2) is 12.1. The molecule has 1 aliphatic heterocycles. The first-order chi connectivity index (χ1) is 20.0. The first-order valence-corrected chi connectivity index (χ1v) is 14.9. The van der Waals surface area contributed by atoms with Crippen molar-refractivity contribution in [3.05, 3.63) is 66.5 Å². The number of carbonyl (C=O) groups excluding carboxylic acids is 2. The number of amides is 2. The monoisotopic (exact) mass is 573 g/mol. The maximum Gasteiger partial charge on any atom is 0.350 e. The number of aromatic amines is 1. The molecule has 1 saturated carbocycles. The minimum atomic E-state index is -1.13. The van der Waals surface area contributed by atoms with E-state index >= 15 is 0 Å². The Morgan fingerprint density at radius 1 is 1.05 bits per heavy atom. The summed E-state index contributed by atoms with van der Waals surface area (Å²) >= 11 is 0. The molecule has 1 aromatic heterocycles. The fourth-order valence-corrected chi connectivity index (χ4v) is 5.28. The third-order valence-electron chi connectivity index (χ3n) is 7.56. The van der Waals surface area contributed by atoms with Crippen LogP contribution in [-0.2, 0) is 16.1 Å². The molecule has 0 radical (unpaired) electrons. The Morgan fingerprint density at radius 3 is 2.55 bits per heavy atom. The van der Waals surface area contributed by atoms with Gasteiger partial charge in [-0.2, -0.15) is 5.10 Å². The van der Waals surface area contributed by atoms with Crippen LogP contribution in [0.2, 0.25) is 0 Å². The Kier molecular flexibility index (Phi) is 8.48. The number of nitrogens with one attached hydrogen (secondary N) is 2. The maximum atomic E-state index is 13.5. The molecule has 2 aliphatic rings. The van der Waals surface area contributed by atoms with Crippen LogP contribution in [-0.4, -0.2) is 63.5 Å². The van der Waals surface area contributed by atoms with Crippen LogP contribution in [0.3, 0.4) is 0 Å². The standard InChI is InChI=1S/C33H43N5O4/c1-32(2,3)42-30(39)33(4,5)41-29-13-7-12-28(18-29)37-16-8-11-26(22-37)36-31(40)38(27-14-15-27)21-23-9-6-10-24(17-23)25-19-34-35-20-25/h6-7,9-10,12-13,17-20,26-27H,8,11,14-16,21-22H2,1-5H3,(H,34,35)(H,36,40)/t26-/m1/s1. The van der Waals surface area contributed by atoms with Crippen molar-refractivity contribution in [3.63, 3.8) is 0 Å². The first-order valence-electron chi connectivity index (χ1n) is 14.9. The Balaban J connectivity index is 1.21. The molecule has 224 valence electrons. The molecular weight excluding hydrogens is 530 g/mol. The van der Waals surface area contributed by atoms with Gasteiger partial charge >= 0.3 is 12.0 Å². The minimum Gasteiger partial charge on any atom is -0.476 e. The number of anilines is 1. The number of rotatable bonds is 9. The summed E-state index contributed by atoms with van der Waals surface area (Å²) in [5.74, 6) is 0.196. The number of esters is 1. The van der Waals surface area contributed by atoms with Crippen molar-refractivity contribution in [2.24, 2.45) is 0 Å². The lowest BCUT2D eigenvalue weighted by molar-refractivity contribution is -0.170. The third kappa shape index (κ3) is 7.63. The molecule has 2 fully saturated rings. The molecule has 1 saturated heterocycles. The van der Waals surface area contributed by atoms with E-state index in [0.29, 0.717) is 18.8 Å². The summed E-state index contributed by atoms with van der Waals surface area (Å²) in [4.78, 5) is 30.5. The fraction of sp³-hybridized carbons (Fsp3) is 0.485. The molecular formula is C33H43N5O4. The summed E-state index contributed by atoms with van der Waals surface area (Å²) in [5.41, 5.74) is 2.50. The third-order valence-corrected chi connectivity index (χ3v) is 7.56. The lowest BCUT2D eigenvalue weighted by Crippen LogP contribution is -2.52. The smallest absolute Gasteiger partial charge is 0.350 e. The van der Waals surface area contributed by atoms with Crippen molar-refractivity contribution in [3.8, 4) is 16.9 Å². The van der Waals surface area contributed by atoms with E-state index in [-0.39, 0.29) is 18.1 Å². The van der Waals surface area contributed by atoms with E-state index in [1.165, 1.54) is 0 Å². The Labute approximate surface area is 248 Å². The first kappa shape index (κ1) is 29.5. The van der Waals surface area contributed by atoms with Gasteiger partial charge in [-0.3, -0.25) is 5.10 Å². The normalized spacial score (nSPS) is 17.5. The lowest BCUT2D eigenvalue weighted by Gasteiger charge is -2.36. The predicted octanol–water partition coefficient (Wildman–Crippen LogP) is 5.92. The summed E-state index contributed by atoms with van der Waals surface area (Å²) in [6.07, 6.45) is 7.66. The number of urea groups is 1. The molecule has 0 unspecified atom stereocenters. The molecule has 1 atom stereocenters. The van der Waals surface area contributed by atoms with E-state index < -0.39 is 17.2 Å². The van der Waals surface area contributed by atoms with Crippen LogP contribution < -0.4 is 15.0 Å². The van der Waals surface area contributed by atoms with Crippen molar-refractivity contribution in [1.29, 1.82) is 0 Å². The van der Waals surface area contributed by atoms with Gasteiger partial charge in [-0.25, -0.2) is 9.59 Å². The molecule has 2 N–H and O–H groups in total. The molecule has 2 heterocycles. The topological polar surface area (TPSA) is 99.8 Å². The summed E-state index contributed by atoms with van der Waals surface area (Å²) in [6.45, 7) is 11.1. The fourth-order valence-electron chi connectivity index (χ4n) is 5.28. The molecule has 2 amide bonds. The highest BCUT2D eigenvalue weighted by Gasteiger charge is 2.36. The summed E-state index contributed by atoms with van der Waals surface area (Å²) < 4.78 is 11.7. The number of nitrogens with zero attached hydrogens (tertiary/aromatic N) is 3. The Bertz CT molecular complexity index is 1380. The van der Waals surface area contributed by atoms with Crippen molar-refractivity contribution < 1.29 is 19.1 Å². The number of aromatic nitrogens is 2. The quantitative estimate of drug-likeness (QED) is 0.309. The van der Waals surface area contributed by atoms with Crippen molar-refractivity contribution >= 4 is 17.7 Å². The van der Waals surface area contributed by atoms with E-state index in [2.05, 4.69) is 38.6 Å². The van der Waals surface area contributed by atoms with Crippen molar-refractivity contribution in [1.82, 2.24) is 20.4 Å². The van der Waals surface area contributed by atoms with E-state index in [1.54, 1.807) is 13.8 Å². The number of hydrogen-bond acceptors (Lipinski definition) is 6. The number of H-pyrrole nitrogens is 1. The van der Waals surface area contributed by atoms with Gasteiger partial charge in [-0.1, -0.05) is 24.3 Å². The molecule has 1 aliphatic carbocycles. The average molecular weight is 574 g/mol. The predicted molar refractivity (Wildman–Crippen MR) is 163 cm³/mol. The van der Waals surface area contributed by atoms with Crippen LogP contribution in [0.15, 0.2) is 60.9 Å². The van der Waals surface area contributed by atoms with Crippen molar-refractivity contribution in [2.45, 2.75) is 90.1 Å². The van der Waals surface area contributed by atoms with Crippen LogP contribution >= 0.6 is 0 Å². The van der Waals surface area contributed by atoms with Crippen LogP contribution in [0.4, 0.5) is 10.5 Å². The summed E-state index contributed by atoms with van der Waals surface area (Å²) in [7, 11) is 0. The highest BCUT2D eigenvalue weighted by atomic mass is 16.6. The second-order valence-corrected chi connectivity index (χ2v) is 12.9. The van der Waals surface area contributed by atoms with Crippen molar-refractivity contribution in [2.75, 3.05) is 18.0 Å². The van der Waals surface area contributed by atoms with E-state index in [0.717, 1.165) is 54.6 Å². The molecule has 3 aromatic rings. The van der Waals surface area contributed by atoms with Gasteiger partial charge in [0.05, 0.1) is 6.20 Å². The largest absolute Gasteiger partial charge is 0.476 e. The zero-order valence-corrected chi connectivity index (χ0v) is 25.4. The Hall–Kier alpha value is -4.01. The average Bonchev–Trinajstić information content (AvgIpc) is 3.63. The number of hydrogen-bond donors (Lipinski definition) is 2. The van der Waals surface area contributed by atoms with Gasteiger partial charge in [-0.05, 0) is 89.6 Å². The SMILES string of the molecule is CC(C)(C)OC(=O)C(C)(C)Oc1cccc(N2CCC[C@@H](NC(=O)N(Cc3cccc(-c4cn[nH]c4)c3)C3CC3)C2)c1. The number of carbonyl (C=O) groups is 2. The molecule has 5 rings (SSSR count). The van der Waals surface area contributed by atoms with Gasteiger partial charge in [-0.15, -0.1) is 0 Å². The van der Waals surface area contributed by atoms with Gasteiger partial charge in [0.25, 0.3) is 0 Å². The number of piperidine rings is 1. The number of ether oxygens (including phenoxy) is 2. The van der Waals surface area contributed by atoms with E-state index in [4.69, 9.17) is 9.47 Å². The maximum absolute atomic E-state index is 13.5. The van der Waals surface area contributed by atoms with Crippen LogP contribution in [0.25, 0.3) is 11.1 Å². The zero-order valence-electron chi connectivity index (χ0n) is 25.4. The molecule has 2 aromatic carbocycles. The molecule has 0 spiro atoms. The van der Waals surface area contributed by atoms with Crippen LogP contribution in [0, 0.1) is 0 Å². The van der Waals surface area contributed by atoms with Gasteiger partial charge in [0.1, 0.15) is 11.4 Å². The molecule has 42 heavy (non-hydrogen) atoms. The highest BCUT2D eigenvalue weighted by molar-refractivity contribution is 5.79. The number of benzene rings is 2. The second-order valence-electron chi connectivity index (χ2n) is 12.9. The van der Waals surface area contributed by atoms with Gasteiger partial charge in [0.15, 0.2) is 5.60 Å². The summed E-state index contributed by atoms with van der Waals surface area (Å²) in [5, 5.41) is 10.3. The molecule has 9 nitrogen and oxygen atoms in total. The summed E-state index contributed by atoms with van der Waals surface area (Å²) in [6, 6.07) is 16.4. The van der Waals surface area contributed by atoms with Gasteiger partial charge in [0.2, 0.25) is 0 Å². The van der Waals surface area contributed by atoms with Crippen LogP contribution in [0.5, 0.6) is 5.75 Å². The van der Waals surface area contributed by atoms with Crippen LogP contribution in [0.1, 0.15) is 65.9 Å². The lowest BCUT2D eigenvalue weighted by atomic mass is 10.0. The highest BCUT2D eigenvalue weighted by Crippen LogP contribution is 2.31. The minimum absolute atomic E-state index is 0.00532.